The second-order valence-corrected chi connectivity index (χ2v) is 8.77. The maximum atomic E-state index is 6.20. The van der Waals surface area contributed by atoms with E-state index in [0.29, 0.717) is 0 Å². The molecule has 0 unspecified atom stereocenters. The van der Waals surface area contributed by atoms with E-state index in [1.165, 1.54) is 16.8 Å². The molecule has 4 aromatic rings. The highest BCUT2D eigenvalue weighted by Crippen LogP contribution is 2.53. The molecule has 2 heterocycles. The molecular weight excluding hydrogens is 392 g/mol. The molecule has 156 valence electrons. The Labute approximate surface area is 188 Å². The van der Waals surface area contributed by atoms with E-state index in [0.717, 1.165) is 34.2 Å². The van der Waals surface area contributed by atoms with Gasteiger partial charge in [-0.2, -0.15) is 0 Å². The monoisotopic (exact) mass is 416 g/mol. The molecule has 3 heteroatoms. The van der Waals surface area contributed by atoms with Gasteiger partial charge in [-0.3, -0.25) is 0 Å². The topological polar surface area (TPSA) is 15.7 Å². The Bertz CT molecular complexity index is 1330. The molecule has 0 N–H and O–H groups in total. The fourth-order valence-electron chi connectivity index (χ4n) is 5.05. The summed E-state index contributed by atoms with van der Waals surface area (Å²) < 4.78 is 6.20. The quantitative estimate of drug-likeness (QED) is 0.288. The van der Waals surface area contributed by atoms with Crippen LogP contribution in [0.3, 0.4) is 0 Å². The first-order valence-electron chi connectivity index (χ1n) is 10.9. The lowest BCUT2D eigenvalue weighted by molar-refractivity contribution is 0.477. The van der Waals surface area contributed by atoms with Gasteiger partial charge in [-0.25, -0.2) is 0 Å². The smallest absolute Gasteiger partial charge is 0.151 e. The number of ether oxygens (including phenoxy) is 1. The summed E-state index contributed by atoms with van der Waals surface area (Å²) in [5.74, 6) is 1.71. The van der Waals surface area contributed by atoms with Gasteiger partial charge in [-0.1, -0.05) is 69.0 Å². The molecule has 2 aliphatic heterocycles. The summed E-state index contributed by atoms with van der Waals surface area (Å²) in [6.45, 7) is 8.73. The first-order valence-corrected chi connectivity index (χ1v) is 10.9. The van der Waals surface area contributed by atoms with Crippen molar-refractivity contribution in [3.05, 3.63) is 115 Å². The summed E-state index contributed by atoms with van der Waals surface area (Å²) in [5.41, 5.74) is 7.98. The van der Waals surface area contributed by atoms with Crippen molar-refractivity contribution >= 4 is 28.4 Å². The van der Waals surface area contributed by atoms with E-state index < -0.39 is 0 Å². The fraction of sp³-hybridized carbons (Fsp3) is 0.103. The molecule has 0 atom stereocenters. The molecule has 0 aromatic heterocycles. The Morgan fingerprint density at radius 2 is 1.25 bits per heavy atom. The molecule has 0 saturated carbocycles. The van der Waals surface area contributed by atoms with Crippen LogP contribution < -0.4 is 14.5 Å². The minimum absolute atomic E-state index is 0.106. The van der Waals surface area contributed by atoms with Crippen LogP contribution in [0.2, 0.25) is 0 Å². The molecule has 32 heavy (non-hydrogen) atoms. The van der Waals surface area contributed by atoms with Crippen LogP contribution in [0, 0.1) is 0 Å². The lowest BCUT2D eigenvalue weighted by Crippen LogP contribution is -2.30. The van der Waals surface area contributed by atoms with E-state index in [4.69, 9.17) is 4.74 Å². The molecule has 3 nitrogen and oxygen atoms in total. The second-order valence-electron chi connectivity index (χ2n) is 8.77. The van der Waals surface area contributed by atoms with Crippen LogP contribution in [0.1, 0.15) is 25.0 Å². The number of benzene rings is 4. The lowest BCUT2D eigenvalue weighted by Gasteiger charge is -2.41. The molecule has 0 aliphatic carbocycles. The van der Waals surface area contributed by atoms with Crippen LogP contribution in [-0.2, 0) is 5.41 Å². The minimum atomic E-state index is -0.106. The average molecular weight is 417 g/mol. The summed E-state index contributed by atoms with van der Waals surface area (Å²) in [4.78, 5) is 4.49. The van der Waals surface area contributed by atoms with Crippen LogP contribution >= 0.6 is 0 Å². The molecule has 0 saturated heterocycles. The van der Waals surface area contributed by atoms with Crippen molar-refractivity contribution in [2.75, 3.05) is 9.80 Å². The van der Waals surface area contributed by atoms with Crippen LogP contribution in [0.5, 0.6) is 11.5 Å². The lowest BCUT2D eigenvalue weighted by atomic mass is 9.73. The highest BCUT2D eigenvalue weighted by Gasteiger charge is 2.36. The number of nitrogens with zero attached hydrogens (tertiary/aromatic N) is 2. The van der Waals surface area contributed by atoms with Crippen molar-refractivity contribution in [2.24, 2.45) is 0 Å². The number of hydrogen-bond acceptors (Lipinski definition) is 3. The van der Waals surface area contributed by atoms with Crippen molar-refractivity contribution in [1.82, 2.24) is 0 Å². The summed E-state index contributed by atoms with van der Waals surface area (Å²) in [5, 5.41) is 0. The van der Waals surface area contributed by atoms with Gasteiger partial charge in [0.15, 0.2) is 11.5 Å². The minimum Gasteiger partial charge on any atom is -0.453 e. The van der Waals surface area contributed by atoms with Crippen molar-refractivity contribution in [3.63, 3.8) is 0 Å². The highest BCUT2D eigenvalue weighted by atomic mass is 16.5. The van der Waals surface area contributed by atoms with Crippen LogP contribution in [-0.4, -0.2) is 0 Å². The third-order valence-corrected chi connectivity index (χ3v) is 6.62. The number of hydrogen-bond donors (Lipinski definition) is 0. The summed E-state index contributed by atoms with van der Waals surface area (Å²) in [6.07, 6.45) is 1.91. The molecule has 0 spiro atoms. The van der Waals surface area contributed by atoms with Crippen LogP contribution in [0.25, 0.3) is 0 Å². The van der Waals surface area contributed by atoms with Gasteiger partial charge in [0, 0.05) is 23.0 Å². The van der Waals surface area contributed by atoms with Crippen LogP contribution in [0.4, 0.5) is 28.4 Å². The van der Waals surface area contributed by atoms with Gasteiger partial charge in [0.25, 0.3) is 0 Å². The summed E-state index contributed by atoms with van der Waals surface area (Å²) in [6, 6.07) is 31.7. The van der Waals surface area contributed by atoms with Crippen molar-refractivity contribution in [1.29, 1.82) is 0 Å². The maximum absolute atomic E-state index is 6.20. The average Bonchev–Trinajstić information content (AvgIpc) is 2.82. The molecule has 6 rings (SSSR count). The third kappa shape index (κ3) is 2.54. The Hall–Kier alpha value is -3.98. The van der Waals surface area contributed by atoms with Gasteiger partial charge in [-0.05, 0) is 53.6 Å². The van der Waals surface area contributed by atoms with Crippen molar-refractivity contribution in [3.8, 4) is 11.5 Å². The number of para-hydroxylation sites is 5. The van der Waals surface area contributed by atoms with Crippen LogP contribution in [0.15, 0.2) is 104 Å². The zero-order valence-electron chi connectivity index (χ0n) is 18.2. The first-order chi connectivity index (χ1) is 15.6. The SMILES string of the molecule is C=CN1c2ccccc2C(C)(C)c2ccc(N3c4ccccc4Oc4ccccc43)cc21. The van der Waals surface area contributed by atoms with Crippen molar-refractivity contribution in [2.45, 2.75) is 19.3 Å². The van der Waals surface area contributed by atoms with Gasteiger partial charge in [0.2, 0.25) is 0 Å². The normalized spacial score (nSPS) is 15.1. The Morgan fingerprint density at radius 3 is 1.91 bits per heavy atom. The largest absolute Gasteiger partial charge is 0.453 e. The van der Waals surface area contributed by atoms with E-state index in [9.17, 15) is 0 Å². The van der Waals surface area contributed by atoms with E-state index in [1.54, 1.807) is 0 Å². The molecule has 0 radical (unpaired) electrons. The number of rotatable bonds is 2. The Morgan fingerprint density at radius 1 is 0.688 bits per heavy atom. The van der Waals surface area contributed by atoms with Gasteiger partial charge in [-0.15, -0.1) is 0 Å². The van der Waals surface area contributed by atoms with Gasteiger partial charge >= 0.3 is 0 Å². The standard InChI is InChI=1S/C29H24N2O/c1-4-30-23-12-6-5-11-21(23)29(2,3)22-18-17-20(19-26(22)30)31-24-13-7-9-15-27(24)32-28-16-10-8-14-25(28)31/h4-19H,1H2,2-3H3. The van der Waals surface area contributed by atoms with E-state index >= 15 is 0 Å². The Balaban J connectivity index is 1.58. The molecule has 0 amide bonds. The van der Waals surface area contributed by atoms with E-state index in [1.807, 2.05) is 30.5 Å². The zero-order valence-corrected chi connectivity index (χ0v) is 18.2. The first kappa shape index (κ1) is 18.8. The summed E-state index contributed by atoms with van der Waals surface area (Å²) in [7, 11) is 0. The molecule has 2 aliphatic rings. The predicted octanol–water partition coefficient (Wildman–Crippen LogP) is 8.18. The second kappa shape index (κ2) is 6.76. The molecular formula is C29H24N2O. The maximum Gasteiger partial charge on any atom is 0.151 e. The third-order valence-electron chi connectivity index (χ3n) is 6.62. The van der Waals surface area contributed by atoms with Gasteiger partial charge in [0.05, 0.1) is 17.1 Å². The highest BCUT2D eigenvalue weighted by molar-refractivity contribution is 5.89. The fourth-order valence-corrected chi connectivity index (χ4v) is 5.05. The van der Waals surface area contributed by atoms with E-state index in [2.05, 4.69) is 97.0 Å². The molecule has 0 bridgehead atoms. The Kier molecular flexibility index (Phi) is 3.96. The summed E-state index contributed by atoms with van der Waals surface area (Å²) >= 11 is 0. The molecule has 0 fully saturated rings. The molecule has 4 aromatic carbocycles. The van der Waals surface area contributed by atoms with Gasteiger partial charge < -0.3 is 14.5 Å². The number of fused-ring (bicyclic) bond motifs is 4. The zero-order chi connectivity index (χ0) is 21.9. The predicted molar refractivity (Wildman–Crippen MR) is 132 cm³/mol. The van der Waals surface area contributed by atoms with Crippen molar-refractivity contribution < 1.29 is 4.74 Å². The van der Waals surface area contributed by atoms with Gasteiger partial charge in [0.1, 0.15) is 0 Å². The number of anilines is 5. The van der Waals surface area contributed by atoms with E-state index in [-0.39, 0.29) is 5.41 Å².